The van der Waals surface area contributed by atoms with Crippen LogP contribution in [0.5, 0.6) is 0 Å². The van der Waals surface area contributed by atoms with Gasteiger partial charge in [-0.1, -0.05) is 6.92 Å². The third kappa shape index (κ3) is 4.93. The Labute approximate surface area is 145 Å². The van der Waals surface area contributed by atoms with E-state index in [0.717, 1.165) is 6.61 Å². The number of unbranched alkanes of at least 4 members (excludes halogenated alkanes) is 1. The van der Waals surface area contributed by atoms with Gasteiger partial charge in [0.1, 0.15) is 0 Å². The molecule has 0 aromatic rings. The van der Waals surface area contributed by atoms with E-state index in [1.54, 1.807) is 0 Å². The largest absolute Gasteiger partial charge is 0.329 e. The van der Waals surface area contributed by atoms with Crippen LogP contribution in [0.15, 0.2) is 0 Å². The van der Waals surface area contributed by atoms with Crippen LogP contribution in [0.25, 0.3) is 0 Å². The molecule has 0 bridgehead atoms. The quantitative estimate of drug-likeness (QED) is 0.409. The molecular formula is C20H42N2O+2. The fourth-order valence-corrected chi connectivity index (χ4v) is 5.01. The zero-order valence-electron chi connectivity index (χ0n) is 16.2. The van der Waals surface area contributed by atoms with Crippen LogP contribution < -0.4 is 0 Å². The highest BCUT2D eigenvalue weighted by atomic mass is 16.5. The molecule has 2 aliphatic heterocycles. The first kappa shape index (κ1) is 19.2. The number of hydrogen-bond donors (Lipinski definition) is 0. The number of likely N-dealkylation sites (tertiary alicyclic amines) is 2. The van der Waals surface area contributed by atoms with Gasteiger partial charge in [-0.2, -0.15) is 0 Å². The molecule has 3 heteroatoms. The number of ether oxygens (including phenoxy) is 1. The summed E-state index contributed by atoms with van der Waals surface area (Å²) in [7, 11) is 0. The van der Waals surface area contributed by atoms with Gasteiger partial charge >= 0.3 is 0 Å². The lowest BCUT2D eigenvalue weighted by Crippen LogP contribution is -2.54. The normalized spacial score (nSPS) is 24.1. The predicted molar refractivity (Wildman–Crippen MR) is 98.3 cm³/mol. The summed E-state index contributed by atoms with van der Waals surface area (Å²) in [6, 6.07) is 0. The Kier molecular flexibility index (Phi) is 7.84. The Morgan fingerprint density at radius 1 is 0.826 bits per heavy atom. The van der Waals surface area contributed by atoms with E-state index >= 15 is 0 Å². The molecule has 0 aliphatic carbocycles. The van der Waals surface area contributed by atoms with Crippen LogP contribution in [0.1, 0.15) is 72.1 Å². The van der Waals surface area contributed by atoms with Crippen molar-refractivity contribution in [3.8, 4) is 0 Å². The maximum Gasteiger partial charge on any atom is 0.193 e. The molecule has 0 spiro atoms. The molecule has 2 rings (SSSR count). The molecular weight excluding hydrogens is 284 g/mol. The van der Waals surface area contributed by atoms with Crippen LogP contribution in [0, 0.1) is 0 Å². The summed E-state index contributed by atoms with van der Waals surface area (Å²) in [5.74, 6) is 0. The number of hydrogen-bond acceptors (Lipinski definition) is 1. The summed E-state index contributed by atoms with van der Waals surface area (Å²) in [6.07, 6.45) is 11.2. The van der Waals surface area contributed by atoms with E-state index in [0.29, 0.717) is 6.23 Å². The van der Waals surface area contributed by atoms with Gasteiger partial charge in [0.25, 0.3) is 0 Å². The molecule has 2 saturated heterocycles. The molecule has 1 atom stereocenters. The van der Waals surface area contributed by atoms with Crippen LogP contribution in [0.2, 0.25) is 0 Å². The van der Waals surface area contributed by atoms with E-state index in [9.17, 15) is 0 Å². The topological polar surface area (TPSA) is 9.23 Å². The first-order valence-electron chi connectivity index (χ1n) is 10.5. The van der Waals surface area contributed by atoms with Crippen LogP contribution in [-0.4, -0.2) is 67.6 Å². The van der Waals surface area contributed by atoms with E-state index in [2.05, 4.69) is 20.8 Å². The van der Waals surface area contributed by atoms with E-state index in [1.165, 1.54) is 106 Å². The zero-order valence-corrected chi connectivity index (χ0v) is 16.2. The van der Waals surface area contributed by atoms with Crippen LogP contribution >= 0.6 is 0 Å². The average Bonchev–Trinajstić information content (AvgIpc) is 3.24. The van der Waals surface area contributed by atoms with Gasteiger partial charge in [0.2, 0.25) is 0 Å². The second-order valence-electron chi connectivity index (χ2n) is 8.05. The number of nitrogens with zero attached hydrogens (tertiary/aromatic N) is 2. The molecule has 0 amide bonds. The van der Waals surface area contributed by atoms with Gasteiger partial charge in [-0.15, -0.1) is 0 Å². The van der Waals surface area contributed by atoms with Crippen molar-refractivity contribution in [3.05, 3.63) is 0 Å². The molecule has 0 radical (unpaired) electrons. The Balaban J connectivity index is 1.72. The number of quaternary nitrogens is 2. The molecule has 2 aliphatic rings. The highest BCUT2D eigenvalue weighted by molar-refractivity contribution is 4.59. The van der Waals surface area contributed by atoms with Gasteiger partial charge in [0.15, 0.2) is 6.23 Å². The second kappa shape index (κ2) is 9.39. The Bertz CT molecular complexity index is 320. The third-order valence-corrected chi connectivity index (χ3v) is 6.76. The maximum absolute atomic E-state index is 6.46. The molecule has 2 fully saturated rings. The molecule has 3 nitrogen and oxygen atoms in total. The van der Waals surface area contributed by atoms with Gasteiger partial charge in [-0.3, -0.25) is 4.48 Å². The van der Waals surface area contributed by atoms with Crippen LogP contribution in [-0.2, 0) is 4.74 Å². The summed E-state index contributed by atoms with van der Waals surface area (Å²) in [5, 5.41) is 0. The fraction of sp³-hybridized carbons (Fsp3) is 1.00. The molecule has 0 saturated carbocycles. The molecule has 0 aromatic carbocycles. The molecule has 23 heavy (non-hydrogen) atoms. The van der Waals surface area contributed by atoms with E-state index in [4.69, 9.17) is 4.74 Å². The summed E-state index contributed by atoms with van der Waals surface area (Å²) < 4.78 is 9.08. The smallest absolute Gasteiger partial charge is 0.193 e. The summed E-state index contributed by atoms with van der Waals surface area (Å²) in [5.41, 5.74) is 0. The minimum atomic E-state index is 0.466. The van der Waals surface area contributed by atoms with Gasteiger partial charge < -0.3 is 9.22 Å². The zero-order chi connectivity index (χ0) is 16.6. The first-order chi connectivity index (χ1) is 11.2. The molecule has 0 aromatic heterocycles. The summed E-state index contributed by atoms with van der Waals surface area (Å²) in [6.45, 7) is 17.5. The first-order valence-corrected chi connectivity index (χ1v) is 10.5. The minimum absolute atomic E-state index is 0.466. The highest BCUT2D eigenvalue weighted by Crippen LogP contribution is 2.27. The van der Waals surface area contributed by atoms with Gasteiger partial charge in [-0.25, -0.2) is 0 Å². The van der Waals surface area contributed by atoms with E-state index in [1.807, 2.05) is 0 Å². The van der Waals surface area contributed by atoms with Crippen molar-refractivity contribution in [2.45, 2.75) is 78.4 Å². The van der Waals surface area contributed by atoms with Crippen LogP contribution in [0.3, 0.4) is 0 Å². The number of rotatable bonds is 11. The highest BCUT2D eigenvalue weighted by Gasteiger charge is 2.38. The lowest BCUT2D eigenvalue weighted by molar-refractivity contribution is -0.960. The van der Waals surface area contributed by atoms with E-state index < -0.39 is 0 Å². The lowest BCUT2D eigenvalue weighted by Gasteiger charge is -2.40. The Morgan fingerprint density at radius 2 is 1.48 bits per heavy atom. The van der Waals surface area contributed by atoms with Crippen molar-refractivity contribution in [2.75, 3.05) is 52.4 Å². The van der Waals surface area contributed by atoms with Crippen molar-refractivity contribution < 1.29 is 13.7 Å². The van der Waals surface area contributed by atoms with Gasteiger partial charge in [0.05, 0.1) is 52.4 Å². The monoisotopic (exact) mass is 326 g/mol. The van der Waals surface area contributed by atoms with Gasteiger partial charge in [0, 0.05) is 32.1 Å². The molecule has 136 valence electrons. The SMILES string of the molecule is CCCC(OCCCC[N+]1(CC)CCCC1)[N+]1(CC)CCCC1. The molecule has 2 heterocycles. The minimum Gasteiger partial charge on any atom is -0.329 e. The van der Waals surface area contributed by atoms with Crippen LogP contribution in [0.4, 0.5) is 0 Å². The Morgan fingerprint density at radius 3 is 2.04 bits per heavy atom. The molecule has 1 unspecified atom stereocenters. The van der Waals surface area contributed by atoms with Crippen molar-refractivity contribution in [2.24, 2.45) is 0 Å². The van der Waals surface area contributed by atoms with Crippen molar-refractivity contribution in [1.29, 1.82) is 0 Å². The van der Waals surface area contributed by atoms with Crippen molar-refractivity contribution in [1.82, 2.24) is 0 Å². The third-order valence-electron chi connectivity index (χ3n) is 6.76. The van der Waals surface area contributed by atoms with Crippen molar-refractivity contribution in [3.63, 3.8) is 0 Å². The summed E-state index contributed by atoms with van der Waals surface area (Å²) in [4.78, 5) is 0. The van der Waals surface area contributed by atoms with Gasteiger partial charge in [-0.05, 0) is 33.1 Å². The van der Waals surface area contributed by atoms with Crippen molar-refractivity contribution >= 4 is 0 Å². The summed E-state index contributed by atoms with van der Waals surface area (Å²) >= 11 is 0. The maximum atomic E-state index is 6.46. The fourth-order valence-electron chi connectivity index (χ4n) is 5.01. The average molecular weight is 327 g/mol. The second-order valence-corrected chi connectivity index (χ2v) is 8.05. The lowest BCUT2D eigenvalue weighted by atomic mass is 10.2. The van der Waals surface area contributed by atoms with E-state index in [-0.39, 0.29) is 0 Å². The standard InChI is InChI=1S/C20H42N2O/c1-4-13-20(22(6-3)17-9-10-18-22)23-19-12-11-16-21(5-2)14-7-8-15-21/h20H,4-19H2,1-3H3/q+2. The predicted octanol–water partition coefficient (Wildman–Crippen LogP) is 4.17. The Hall–Kier alpha value is -0.120. The molecule has 0 N–H and O–H groups in total.